The van der Waals surface area contributed by atoms with Gasteiger partial charge in [0.05, 0.1) is 6.54 Å². The zero-order valence-electron chi connectivity index (χ0n) is 15.4. The lowest BCUT2D eigenvalue weighted by molar-refractivity contribution is -0.139. The van der Waals surface area contributed by atoms with Crippen LogP contribution in [0.15, 0.2) is 42.5 Å². The Morgan fingerprint density at radius 1 is 1.19 bits per heavy atom. The number of nitrogens with zero attached hydrogens (tertiary/aromatic N) is 1. The molecule has 2 aromatic rings. The van der Waals surface area contributed by atoms with E-state index < -0.39 is 6.10 Å². The molecule has 0 fully saturated rings. The summed E-state index contributed by atoms with van der Waals surface area (Å²) in [4.78, 5) is 26.0. The third-order valence-electron chi connectivity index (χ3n) is 4.09. The minimum atomic E-state index is -0.730. The summed E-state index contributed by atoms with van der Waals surface area (Å²) in [5.41, 5.74) is 2.85. The molecule has 26 heavy (non-hydrogen) atoms. The first-order chi connectivity index (χ1) is 12.3. The average Bonchev–Trinajstić information content (AvgIpc) is 2.58. The Balaban J connectivity index is 1.93. The smallest absolute Gasteiger partial charge is 0.263 e. The number of ether oxygens (including phenoxy) is 1. The van der Waals surface area contributed by atoms with Crippen LogP contribution in [0.3, 0.4) is 0 Å². The Hall–Kier alpha value is -2.53. The monoisotopic (exact) mass is 374 g/mol. The summed E-state index contributed by atoms with van der Waals surface area (Å²) in [6, 6.07) is 12.5. The molecule has 0 aliphatic rings. The van der Waals surface area contributed by atoms with Crippen LogP contribution in [0, 0.1) is 13.8 Å². The van der Waals surface area contributed by atoms with Gasteiger partial charge in [-0.05, 0) is 56.2 Å². The van der Waals surface area contributed by atoms with E-state index in [0.29, 0.717) is 10.8 Å². The number of anilines is 1. The molecule has 138 valence electrons. The van der Waals surface area contributed by atoms with Crippen molar-refractivity contribution in [1.82, 2.24) is 4.90 Å². The van der Waals surface area contributed by atoms with Crippen LogP contribution >= 0.6 is 11.6 Å². The number of hydrogen-bond acceptors (Lipinski definition) is 3. The highest BCUT2D eigenvalue weighted by Crippen LogP contribution is 2.19. The van der Waals surface area contributed by atoms with Gasteiger partial charge in [0.15, 0.2) is 6.10 Å². The van der Waals surface area contributed by atoms with Crippen LogP contribution in [-0.4, -0.2) is 36.4 Å². The van der Waals surface area contributed by atoms with Crippen molar-refractivity contribution >= 4 is 29.1 Å². The van der Waals surface area contributed by atoms with E-state index in [1.165, 1.54) is 4.90 Å². The number of halogens is 1. The normalized spacial score (nSPS) is 11.6. The molecule has 0 radical (unpaired) electrons. The average molecular weight is 375 g/mol. The number of benzene rings is 2. The molecule has 0 aromatic heterocycles. The molecule has 0 aliphatic heterocycles. The van der Waals surface area contributed by atoms with Crippen LogP contribution in [0.4, 0.5) is 5.69 Å². The number of carbonyl (C=O) groups is 2. The first-order valence-corrected chi connectivity index (χ1v) is 8.69. The molecule has 0 spiro atoms. The zero-order chi connectivity index (χ0) is 19.3. The zero-order valence-corrected chi connectivity index (χ0v) is 16.1. The maximum absolute atomic E-state index is 12.4. The first-order valence-electron chi connectivity index (χ1n) is 8.31. The summed E-state index contributed by atoms with van der Waals surface area (Å²) >= 11 is 5.91. The van der Waals surface area contributed by atoms with E-state index >= 15 is 0 Å². The van der Waals surface area contributed by atoms with E-state index in [9.17, 15) is 9.59 Å². The van der Waals surface area contributed by atoms with Crippen molar-refractivity contribution in [3.63, 3.8) is 0 Å². The van der Waals surface area contributed by atoms with E-state index in [1.807, 2.05) is 32.0 Å². The van der Waals surface area contributed by atoms with Gasteiger partial charge in [-0.3, -0.25) is 9.59 Å². The van der Waals surface area contributed by atoms with E-state index in [0.717, 1.165) is 16.8 Å². The predicted octanol–water partition coefficient (Wildman–Crippen LogP) is 3.82. The van der Waals surface area contributed by atoms with Gasteiger partial charge in [-0.2, -0.15) is 0 Å². The van der Waals surface area contributed by atoms with Crippen LogP contribution in [0.2, 0.25) is 5.02 Å². The number of likely N-dealkylation sites (N-methyl/N-ethyl adjacent to an activating group) is 1. The number of rotatable bonds is 6. The largest absolute Gasteiger partial charge is 0.481 e. The molecule has 1 N–H and O–H groups in total. The van der Waals surface area contributed by atoms with Crippen LogP contribution in [-0.2, 0) is 9.59 Å². The van der Waals surface area contributed by atoms with Crippen molar-refractivity contribution in [1.29, 1.82) is 0 Å². The minimum absolute atomic E-state index is 0.0601. The highest BCUT2D eigenvalue weighted by Gasteiger charge is 2.21. The molecule has 5 nitrogen and oxygen atoms in total. The fourth-order valence-corrected chi connectivity index (χ4v) is 2.66. The van der Waals surface area contributed by atoms with Gasteiger partial charge in [-0.25, -0.2) is 0 Å². The van der Waals surface area contributed by atoms with Crippen molar-refractivity contribution in [3.05, 3.63) is 58.6 Å². The van der Waals surface area contributed by atoms with E-state index in [4.69, 9.17) is 16.3 Å². The topological polar surface area (TPSA) is 58.6 Å². The van der Waals surface area contributed by atoms with Crippen LogP contribution in [0.1, 0.15) is 18.1 Å². The number of carbonyl (C=O) groups excluding carboxylic acids is 2. The maximum Gasteiger partial charge on any atom is 0.263 e. The second-order valence-corrected chi connectivity index (χ2v) is 6.64. The van der Waals surface area contributed by atoms with Crippen molar-refractivity contribution in [2.24, 2.45) is 0 Å². The van der Waals surface area contributed by atoms with Gasteiger partial charge in [0.25, 0.3) is 5.91 Å². The lowest BCUT2D eigenvalue weighted by Crippen LogP contribution is -2.42. The van der Waals surface area contributed by atoms with Gasteiger partial charge < -0.3 is 15.0 Å². The molecule has 2 amide bonds. The number of amides is 2. The third-order valence-corrected chi connectivity index (χ3v) is 4.33. The Kier molecular flexibility index (Phi) is 6.64. The minimum Gasteiger partial charge on any atom is -0.481 e. The van der Waals surface area contributed by atoms with Crippen molar-refractivity contribution < 1.29 is 14.3 Å². The number of aryl methyl sites for hydroxylation is 1. The molecule has 6 heteroatoms. The molecule has 2 rings (SSSR count). The fraction of sp³-hybridized carbons (Fsp3) is 0.300. The maximum atomic E-state index is 12.4. The molecule has 1 atom stereocenters. The standard InChI is InChI=1S/C20H23ClN2O3/c1-13-7-5-10-18(14(13)2)22-19(24)12-23(4)20(25)15(3)26-17-9-6-8-16(21)11-17/h5-11,15H,12H2,1-4H3,(H,22,24). The third kappa shape index (κ3) is 5.23. The summed E-state index contributed by atoms with van der Waals surface area (Å²) < 4.78 is 5.61. The van der Waals surface area contributed by atoms with Crippen molar-refractivity contribution in [3.8, 4) is 5.75 Å². The molecule has 0 aliphatic carbocycles. The molecular weight excluding hydrogens is 352 g/mol. The first kappa shape index (κ1) is 19.8. The second kappa shape index (κ2) is 8.72. The number of hydrogen-bond donors (Lipinski definition) is 1. The van der Waals surface area contributed by atoms with Gasteiger partial charge in [0.1, 0.15) is 5.75 Å². The van der Waals surface area contributed by atoms with Gasteiger partial charge in [-0.15, -0.1) is 0 Å². The van der Waals surface area contributed by atoms with Crippen LogP contribution in [0.5, 0.6) is 5.75 Å². The predicted molar refractivity (Wildman–Crippen MR) is 104 cm³/mol. The van der Waals surface area contributed by atoms with E-state index in [2.05, 4.69) is 5.32 Å². The molecule has 0 bridgehead atoms. The molecular formula is C20H23ClN2O3. The van der Waals surface area contributed by atoms with Gasteiger partial charge in [0, 0.05) is 17.8 Å². The van der Waals surface area contributed by atoms with Crippen molar-refractivity contribution in [2.45, 2.75) is 26.9 Å². The molecule has 0 saturated carbocycles. The highest BCUT2D eigenvalue weighted by atomic mass is 35.5. The Bertz CT molecular complexity index is 807. The van der Waals surface area contributed by atoms with Gasteiger partial charge in [0.2, 0.25) is 5.91 Å². The lowest BCUT2D eigenvalue weighted by atomic mass is 10.1. The summed E-state index contributed by atoms with van der Waals surface area (Å²) in [6.07, 6.45) is -0.730. The Morgan fingerprint density at radius 2 is 1.88 bits per heavy atom. The van der Waals surface area contributed by atoms with Crippen LogP contribution in [0.25, 0.3) is 0 Å². The SMILES string of the molecule is Cc1cccc(NC(=O)CN(C)C(=O)C(C)Oc2cccc(Cl)c2)c1C. The summed E-state index contributed by atoms with van der Waals surface area (Å²) in [5.74, 6) is -0.0443. The second-order valence-electron chi connectivity index (χ2n) is 6.21. The number of nitrogens with one attached hydrogen (secondary N) is 1. The fourth-order valence-electron chi connectivity index (χ4n) is 2.47. The molecule has 0 heterocycles. The molecule has 2 aromatic carbocycles. The quantitative estimate of drug-likeness (QED) is 0.836. The summed E-state index contributed by atoms with van der Waals surface area (Å²) in [6.45, 7) is 5.51. The Morgan fingerprint density at radius 3 is 2.58 bits per heavy atom. The Labute approximate surface area is 158 Å². The summed E-state index contributed by atoms with van der Waals surface area (Å²) in [7, 11) is 1.57. The molecule has 1 unspecified atom stereocenters. The molecule has 0 saturated heterocycles. The van der Waals surface area contributed by atoms with Crippen molar-refractivity contribution in [2.75, 3.05) is 18.9 Å². The van der Waals surface area contributed by atoms with E-state index in [-0.39, 0.29) is 18.4 Å². The van der Waals surface area contributed by atoms with Gasteiger partial charge >= 0.3 is 0 Å². The highest BCUT2D eigenvalue weighted by molar-refractivity contribution is 6.30. The summed E-state index contributed by atoms with van der Waals surface area (Å²) in [5, 5.41) is 3.37. The van der Waals surface area contributed by atoms with E-state index in [1.54, 1.807) is 38.2 Å². The van der Waals surface area contributed by atoms with Gasteiger partial charge in [-0.1, -0.05) is 29.8 Å². The lowest BCUT2D eigenvalue weighted by Gasteiger charge is -2.22. The van der Waals surface area contributed by atoms with Crippen LogP contribution < -0.4 is 10.1 Å².